The highest BCUT2D eigenvalue weighted by Crippen LogP contribution is 2.23. The van der Waals surface area contributed by atoms with Gasteiger partial charge >= 0.3 is 0 Å². The van der Waals surface area contributed by atoms with Gasteiger partial charge in [-0.2, -0.15) is 0 Å². The van der Waals surface area contributed by atoms with Crippen LogP contribution in [0.15, 0.2) is 0 Å². The maximum atomic E-state index is 11.8. The van der Waals surface area contributed by atoms with Gasteiger partial charge in [0.15, 0.2) is 0 Å². The summed E-state index contributed by atoms with van der Waals surface area (Å²) in [7, 11) is 0. The van der Waals surface area contributed by atoms with Crippen LogP contribution < -0.4 is 5.32 Å². The smallest absolute Gasteiger partial charge is 0.223 e. The molecule has 1 N–H and O–H groups in total. The predicted molar refractivity (Wildman–Crippen MR) is 79.5 cm³/mol. The van der Waals surface area contributed by atoms with Gasteiger partial charge in [-0.05, 0) is 19.3 Å². The summed E-state index contributed by atoms with van der Waals surface area (Å²) in [5.74, 6) is 0.767. The number of rotatable bonds is 9. The summed E-state index contributed by atoms with van der Waals surface area (Å²) in [4.78, 5) is 23.4. The van der Waals surface area contributed by atoms with E-state index in [1.54, 1.807) is 0 Å². The van der Waals surface area contributed by atoms with Crippen molar-refractivity contribution in [3.8, 4) is 0 Å². The van der Waals surface area contributed by atoms with E-state index in [1.807, 2.05) is 13.8 Å². The minimum absolute atomic E-state index is 0.129. The Morgan fingerprint density at radius 3 is 2.55 bits per heavy atom. The summed E-state index contributed by atoms with van der Waals surface area (Å²) in [5.41, 5.74) is 0. The highest BCUT2D eigenvalue weighted by molar-refractivity contribution is 5.80. The molecule has 4 nitrogen and oxygen atoms in total. The van der Waals surface area contributed by atoms with Crippen molar-refractivity contribution in [2.45, 2.75) is 58.8 Å². The molecular formula is C16H29NO3. The average molecular weight is 283 g/mol. The average Bonchev–Trinajstić information content (AvgIpc) is 2.50. The molecule has 0 aromatic carbocycles. The fourth-order valence-corrected chi connectivity index (χ4v) is 2.50. The zero-order chi connectivity index (χ0) is 14.8. The largest absolute Gasteiger partial charge is 0.379 e. The molecule has 0 bridgehead atoms. The predicted octanol–water partition coefficient (Wildman–Crippen LogP) is 2.70. The Morgan fingerprint density at radius 1 is 1.20 bits per heavy atom. The van der Waals surface area contributed by atoms with E-state index >= 15 is 0 Å². The number of Topliss-reactive ketones (excluding diaryl/α,β-unsaturated/α-hetero) is 1. The number of nitrogens with one attached hydrogen (secondary N) is 1. The minimum Gasteiger partial charge on any atom is -0.379 e. The fourth-order valence-electron chi connectivity index (χ4n) is 2.50. The van der Waals surface area contributed by atoms with Gasteiger partial charge < -0.3 is 10.1 Å². The van der Waals surface area contributed by atoms with Crippen molar-refractivity contribution in [1.82, 2.24) is 5.32 Å². The summed E-state index contributed by atoms with van der Waals surface area (Å²) >= 11 is 0. The fraction of sp³-hybridized carbons (Fsp3) is 0.875. The van der Waals surface area contributed by atoms with Gasteiger partial charge in [-0.15, -0.1) is 0 Å². The molecule has 0 heterocycles. The van der Waals surface area contributed by atoms with Crippen LogP contribution in [0, 0.1) is 11.8 Å². The van der Waals surface area contributed by atoms with Crippen LogP contribution in [0.4, 0.5) is 0 Å². The number of amides is 1. The van der Waals surface area contributed by atoms with Gasteiger partial charge in [0, 0.05) is 24.8 Å². The van der Waals surface area contributed by atoms with Gasteiger partial charge in [-0.25, -0.2) is 0 Å². The zero-order valence-electron chi connectivity index (χ0n) is 13.0. The van der Waals surface area contributed by atoms with Gasteiger partial charge in [-0.1, -0.05) is 33.1 Å². The normalized spacial score (nSPS) is 17.7. The number of carbonyl (C=O) groups is 2. The van der Waals surface area contributed by atoms with E-state index in [2.05, 4.69) is 5.32 Å². The second-order valence-corrected chi connectivity index (χ2v) is 5.76. The Morgan fingerprint density at radius 2 is 1.90 bits per heavy atom. The van der Waals surface area contributed by atoms with E-state index in [0.29, 0.717) is 26.2 Å². The monoisotopic (exact) mass is 283 g/mol. The van der Waals surface area contributed by atoms with Crippen LogP contribution >= 0.6 is 0 Å². The topological polar surface area (TPSA) is 55.4 Å². The van der Waals surface area contributed by atoms with Crippen molar-refractivity contribution in [3.63, 3.8) is 0 Å². The molecule has 1 amide bonds. The Kier molecular flexibility index (Phi) is 8.51. The lowest BCUT2D eigenvalue weighted by Crippen LogP contribution is -2.34. The minimum atomic E-state index is 0.129. The Hall–Kier alpha value is -0.900. The number of ether oxygens (including phenoxy) is 1. The van der Waals surface area contributed by atoms with Crippen LogP contribution in [0.5, 0.6) is 0 Å². The standard InChI is InChI=1S/C16H29NO3/c1-3-13(2)15(18)9-11-20-12-10-17-16(19)14-7-5-4-6-8-14/h13-14H,3-12H2,1-2H3,(H,17,19). The number of hydrogen-bond donors (Lipinski definition) is 1. The molecule has 1 aliphatic carbocycles. The van der Waals surface area contributed by atoms with E-state index in [9.17, 15) is 9.59 Å². The summed E-state index contributed by atoms with van der Waals surface area (Å²) in [5, 5.41) is 2.93. The van der Waals surface area contributed by atoms with E-state index in [0.717, 1.165) is 19.3 Å². The van der Waals surface area contributed by atoms with Crippen molar-refractivity contribution in [3.05, 3.63) is 0 Å². The van der Waals surface area contributed by atoms with Crippen LogP contribution in [0.1, 0.15) is 58.8 Å². The first-order valence-electron chi connectivity index (χ1n) is 8.03. The number of ketones is 1. The van der Waals surface area contributed by atoms with E-state index in [-0.39, 0.29) is 23.5 Å². The molecule has 1 fully saturated rings. The molecule has 1 rings (SSSR count). The van der Waals surface area contributed by atoms with Crippen molar-refractivity contribution in [2.75, 3.05) is 19.8 Å². The maximum absolute atomic E-state index is 11.8. The molecule has 0 aromatic heterocycles. The molecular weight excluding hydrogens is 254 g/mol. The van der Waals surface area contributed by atoms with Crippen LogP contribution in [0.2, 0.25) is 0 Å². The third-order valence-corrected chi connectivity index (χ3v) is 4.18. The van der Waals surface area contributed by atoms with E-state index < -0.39 is 0 Å². The molecule has 20 heavy (non-hydrogen) atoms. The summed E-state index contributed by atoms with van der Waals surface area (Å²) < 4.78 is 5.40. The second kappa shape index (κ2) is 9.92. The first kappa shape index (κ1) is 17.2. The van der Waals surface area contributed by atoms with Gasteiger partial charge in [0.25, 0.3) is 0 Å². The van der Waals surface area contributed by atoms with Crippen molar-refractivity contribution in [2.24, 2.45) is 11.8 Å². The molecule has 1 saturated carbocycles. The SMILES string of the molecule is CCC(C)C(=O)CCOCCNC(=O)C1CCCCC1. The van der Waals surface area contributed by atoms with E-state index in [1.165, 1.54) is 19.3 Å². The molecule has 0 spiro atoms. The molecule has 0 radical (unpaired) electrons. The Balaban J connectivity index is 1.99. The van der Waals surface area contributed by atoms with Gasteiger partial charge in [-0.3, -0.25) is 9.59 Å². The van der Waals surface area contributed by atoms with Gasteiger partial charge in [0.2, 0.25) is 5.91 Å². The quantitative estimate of drug-likeness (QED) is 0.662. The summed E-state index contributed by atoms with van der Waals surface area (Å²) in [6.07, 6.45) is 7.02. The molecule has 1 aliphatic rings. The van der Waals surface area contributed by atoms with Crippen LogP contribution in [-0.4, -0.2) is 31.4 Å². The zero-order valence-corrected chi connectivity index (χ0v) is 13.0. The number of carbonyl (C=O) groups excluding carboxylic acids is 2. The molecule has 4 heteroatoms. The third-order valence-electron chi connectivity index (χ3n) is 4.18. The molecule has 0 aliphatic heterocycles. The van der Waals surface area contributed by atoms with Gasteiger partial charge in [0.05, 0.1) is 13.2 Å². The molecule has 0 saturated heterocycles. The lowest BCUT2D eigenvalue weighted by Gasteiger charge is -2.20. The summed E-state index contributed by atoms with van der Waals surface area (Å²) in [6.45, 7) is 5.47. The lowest BCUT2D eigenvalue weighted by atomic mass is 9.89. The number of hydrogen-bond acceptors (Lipinski definition) is 3. The molecule has 1 unspecified atom stereocenters. The van der Waals surface area contributed by atoms with Gasteiger partial charge in [0.1, 0.15) is 5.78 Å². The van der Waals surface area contributed by atoms with Crippen LogP contribution in [-0.2, 0) is 14.3 Å². The van der Waals surface area contributed by atoms with Crippen molar-refractivity contribution in [1.29, 1.82) is 0 Å². The molecule has 0 aromatic rings. The third kappa shape index (κ3) is 6.51. The highest BCUT2D eigenvalue weighted by Gasteiger charge is 2.20. The Bertz CT molecular complexity index is 298. The van der Waals surface area contributed by atoms with E-state index in [4.69, 9.17) is 4.74 Å². The Labute approximate surface area is 122 Å². The molecule has 116 valence electrons. The van der Waals surface area contributed by atoms with Crippen molar-refractivity contribution < 1.29 is 14.3 Å². The van der Waals surface area contributed by atoms with Crippen LogP contribution in [0.3, 0.4) is 0 Å². The second-order valence-electron chi connectivity index (χ2n) is 5.76. The highest BCUT2D eigenvalue weighted by atomic mass is 16.5. The summed E-state index contributed by atoms with van der Waals surface area (Å²) in [6, 6.07) is 0. The lowest BCUT2D eigenvalue weighted by molar-refractivity contribution is -0.126. The molecule has 1 atom stereocenters. The first-order valence-corrected chi connectivity index (χ1v) is 8.03. The van der Waals surface area contributed by atoms with Crippen molar-refractivity contribution >= 4 is 11.7 Å². The van der Waals surface area contributed by atoms with Crippen LogP contribution in [0.25, 0.3) is 0 Å². The first-order chi connectivity index (χ1) is 9.65. The maximum Gasteiger partial charge on any atom is 0.223 e.